The molecule has 0 spiro atoms. The van der Waals surface area contributed by atoms with Crippen molar-refractivity contribution in [3.63, 3.8) is 0 Å². The van der Waals surface area contributed by atoms with Crippen molar-refractivity contribution in [1.82, 2.24) is 24.5 Å². The van der Waals surface area contributed by atoms with Gasteiger partial charge in [0.25, 0.3) is 0 Å². The number of benzene rings is 1. The van der Waals surface area contributed by atoms with Gasteiger partial charge in [0.15, 0.2) is 5.65 Å². The summed E-state index contributed by atoms with van der Waals surface area (Å²) in [4.78, 5) is 13.4. The summed E-state index contributed by atoms with van der Waals surface area (Å²) in [5.74, 6) is 0.742. The highest BCUT2D eigenvalue weighted by Gasteiger charge is 2.25. The molecule has 3 heterocycles. The fourth-order valence-corrected chi connectivity index (χ4v) is 4.45. The molecule has 2 fully saturated rings. The van der Waals surface area contributed by atoms with E-state index in [1.165, 1.54) is 10.7 Å². The molecule has 11 nitrogen and oxygen atoms in total. The van der Waals surface area contributed by atoms with Crippen LogP contribution in [0.15, 0.2) is 18.3 Å². The topological polar surface area (TPSA) is 141 Å². The van der Waals surface area contributed by atoms with Gasteiger partial charge in [-0.25, -0.2) is 0 Å². The normalized spacial score (nSPS) is 17.1. The lowest BCUT2D eigenvalue weighted by Gasteiger charge is -2.37. The zero-order chi connectivity index (χ0) is 24.5. The molecule has 1 aromatic carbocycles. The van der Waals surface area contributed by atoms with Crippen LogP contribution in [0.25, 0.3) is 5.65 Å². The third kappa shape index (κ3) is 4.93. The second-order valence-electron chi connectivity index (χ2n) is 8.93. The number of nitriles is 2. The minimum Gasteiger partial charge on any atom is -0.392 e. The van der Waals surface area contributed by atoms with Crippen LogP contribution >= 0.6 is 11.6 Å². The quantitative estimate of drug-likeness (QED) is 0.449. The van der Waals surface area contributed by atoms with E-state index in [0.29, 0.717) is 46.0 Å². The highest BCUT2D eigenvalue weighted by molar-refractivity contribution is 6.36. The molecule has 3 aromatic rings. The van der Waals surface area contributed by atoms with Gasteiger partial charge >= 0.3 is 0 Å². The summed E-state index contributed by atoms with van der Waals surface area (Å²) in [6.07, 6.45) is 3.18. The zero-order valence-corrected chi connectivity index (χ0v) is 20.0. The number of β-amino-alcohol motifs (C(OH)–C–C–N with tert-alkyl or cyclic N) is 1. The molecular formula is C23H25ClN10O. The van der Waals surface area contributed by atoms with Crippen LogP contribution in [0.5, 0.6) is 0 Å². The van der Waals surface area contributed by atoms with Crippen LogP contribution in [0, 0.1) is 22.7 Å². The first-order chi connectivity index (χ1) is 16.9. The van der Waals surface area contributed by atoms with Crippen molar-refractivity contribution in [2.24, 2.45) is 0 Å². The van der Waals surface area contributed by atoms with Crippen molar-refractivity contribution in [1.29, 1.82) is 10.5 Å². The van der Waals surface area contributed by atoms with Gasteiger partial charge in [0.1, 0.15) is 11.6 Å². The Hall–Kier alpha value is -3.64. The Morgan fingerprint density at radius 2 is 1.94 bits per heavy atom. The number of rotatable bonds is 7. The SMILES string of the molecule is C[C@@H](O)CN1CCN(c2cc(C#N)cc(Nc3nc(NC4CC4)n4ncc(C#N)c4n3)c2Cl)CC1. The van der Waals surface area contributed by atoms with E-state index in [4.69, 9.17) is 11.6 Å². The molecule has 0 amide bonds. The second kappa shape index (κ2) is 9.55. The van der Waals surface area contributed by atoms with Gasteiger partial charge < -0.3 is 20.6 Å². The van der Waals surface area contributed by atoms with Gasteiger partial charge in [0, 0.05) is 38.8 Å². The van der Waals surface area contributed by atoms with E-state index in [1.807, 2.05) is 0 Å². The maximum atomic E-state index is 9.67. The summed E-state index contributed by atoms with van der Waals surface area (Å²) in [7, 11) is 0. The van der Waals surface area contributed by atoms with E-state index in [0.717, 1.165) is 44.7 Å². The Balaban J connectivity index is 1.46. The van der Waals surface area contributed by atoms with E-state index >= 15 is 0 Å². The Labute approximate surface area is 207 Å². The Bertz CT molecular complexity index is 1330. The first-order valence-corrected chi connectivity index (χ1v) is 11.9. The summed E-state index contributed by atoms with van der Waals surface area (Å²) in [5, 5.41) is 40.0. The zero-order valence-electron chi connectivity index (χ0n) is 19.2. The molecular weight excluding hydrogens is 468 g/mol. The van der Waals surface area contributed by atoms with E-state index in [1.54, 1.807) is 19.1 Å². The fraction of sp³-hybridized carbons (Fsp3) is 0.435. The lowest BCUT2D eigenvalue weighted by atomic mass is 10.1. The molecule has 35 heavy (non-hydrogen) atoms. The van der Waals surface area contributed by atoms with Crippen molar-refractivity contribution in [2.45, 2.75) is 31.9 Å². The first kappa shape index (κ1) is 23.1. The molecule has 2 aliphatic rings. The lowest BCUT2D eigenvalue weighted by molar-refractivity contribution is 0.123. The van der Waals surface area contributed by atoms with Crippen LogP contribution in [-0.4, -0.2) is 74.5 Å². The standard InChI is InChI=1S/C23H25ClN10O/c1-14(35)13-32-4-6-33(7-5-32)19-9-15(10-25)8-18(20(19)24)29-22-30-21-16(11-26)12-27-34(21)23(31-22)28-17-2-3-17/h8-9,12,14,17,35H,2-7,13H2,1H3,(H2,28,29,30,31)/t14-/m1/s1. The fourth-order valence-electron chi connectivity index (χ4n) is 4.18. The largest absolute Gasteiger partial charge is 0.392 e. The average Bonchev–Trinajstić information content (AvgIpc) is 3.56. The van der Waals surface area contributed by atoms with Crippen LogP contribution in [0.2, 0.25) is 5.02 Å². The Kier molecular flexibility index (Phi) is 6.31. The smallest absolute Gasteiger partial charge is 0.232 e. The maximum absolute atomic E-state index is 9.67. The molecule has 1 saturated carbocycles. The number of aromatic nitrogens is 4. The van der Waals surface area contributed by atoms with Gasteiger partial charge in [-0.15, -0.1) is 0 Å². The van der Waals surface area contributed by atoms with Crippen LogP contribution in [0.3, 0.4) is 0 Å². The molecule has 5 rings (SSSR count). The molecule has 1 saturated heterocycles. The molecule has 1 aliphatic carbocycles. The van der Waals surface area contributed by atoms with Crippen molar-refractivity contribution in [3.05, 3.63) is 34.5 Å². The highest BCUT2D eigenvalue weighted by Crippen LogP contribution is 2.36. The van der Waals surface area contributed by atoms with Crippen LogP contribution in [0.1, 0.15) is 30.9 Å². The molecule has 1 atom stereocenters. The molecule has 0 unspecified atom stereocenters. The molecule has 0 radical (unpaired) electrons. The third-order valence-electron chi connectivity index (χ3n) is 6.06. The number of nitrogens with zero attached hydrogens (tertiary/aromatic N) is 8. The lowest BCUT2D eigenvalue weighted by Crippen LogP contribution is -2.48. The number of anilines is 4. The van der Waals surface area contributed by atoms with Gasteiger partial charge in [-0.3, -0.25) is 4.90 Å². The van der Waals surface area contributed by atoms with E-state index < -0.39 is 0 Å². The molecule has 3 N–H and O–H groups in total. The average molecular weight is 493 g/mol. The van der Waals surface area contributed by atoms with Gasteiger partial charge in [-0.2, -0.15) is 30.1 Å². The number of hydrogen-bond acceptors (Lipinski definition) is 10. The van der Waals surface area contributed by atoms with Gasteiger partial charge in [0.2, 0.25) is 11.9 Å². The molecule has 1 aliphatic heterocycles. The maximum Gasteiger partial charge on any atom is 0.232 e. The van der Waals surface area contributed by atoms with Crippen LogP contribution in [0.4, 0.5) is 23.3 Å². The number of hydrogen-bond donors (Lipinski definition) is 3. The first-order valence-electron chi connectivity index (χ1n) is 11.5. The number of aliphatic hydroxyl groups is 1. The molecule has 180 valence electrons. The molecule has 0 bridgehead atoms. The number of piperazine rings is 1. The summed E-state index contributed by atoms with van der Waals surface area (Å²) in [6, 6.07) is 8.08. The third-order valence-corrected chi connectivity index (χ3v) is 6.46. The second-order valence-corrected chi connectivity index (χ2v) is 9.30. The van der Waals surface area contributed by atoms with Gasteiger partial charge in [-0.05, 0) is 31.9 Å². The summed E-state index contributed by atoms with van der Waals surface area (Å²) in [6.45, 7) is 5.43. The summed E-state index contributed by atoms with van der Waals surface area (Å²) in [5.41, 5.74) is 2.44. The number of halogens is 1. The van der Waals surface area contributed by atoms with Crippen LogP contribution in [-0.2, 0) is 0 Å². The number of nitrogens with one attached hydrogen (secondary N) is 2. The Morgan fingerprint density at radius 1 is 1.17 bits per heavy atom. The van der Waals surface area contributed by atoms with E-state index in [9.17, 15) is 15.6 Å². The Morgan fingerprint density at radius 3 is 2.60 bits per heavy atom. The van der Waals surface area contributed by atoms with Crippen molar-refractivity contribution in [3.8, 4) is 12.1 Å². The van der Waals surface area contributed by atoms with Gasteiger partial charge in [-0.1, -0.05) is 11.6 Å². The summed E-state index contributed by atoms with van der Waals surface area (Å²) >= 11 is 6.82. The predicted molar refractivity (Wildman–Crippen MR) is 132 cm³/mol. The van der Waals surface area contributed by atoms with Crippen molar-refractivity contribution >= 4 is 40.5 Å². The summed E-state index contributed by atoms with van der Waals surface area (Å²) < 4.78 is 1.52. The van der Waals surface area contributed by atoms with E-state index in [-0.39, 0.29) is 12.1 Å². The minimum atomic E-state index is -0.378. The molecule has 2 aromatic heterocycles. The number of fused-ring (bicyclic) bond motifs is 1. The van der Waals surface area contributed by atoms with Crippen molar-refractivity contribution in [2.75, 3.05) is 48.3 Å². The van der Waals surface area contributed by atoms with Crippen LogP contribution < -0.4 is 15.5 Å². The predicted octanol–water partition coefficient (Wildman–Crippen LogP) is 2.34. The monoisotopic (exact) mass is 492 g/mol. The highest BCUT2D eigenvalue weighted by atomic mass is 35.5. The molecule has 12 heteroatoms. The van der Waals surface area contributed by atoms with E-state index in [2.05, 4.69) is 47.6 Å². The number of aliphatic hydroxyl groups excluding tert-OH is 1. The van der Waals surface area contributed by atoms with Crippen molar-refractivity contribution < 1.29 is 5.11 Å². The van der Waals surface area contributed by atoms with Gasteiger partial charge in [0.05, 0.1) is 40.3 Å². The minimum absolute atomic E-state index is 0.252.